The monoisotopic (exact) mass is 295 g/mol. The van der Waals surface area contributed by atoms with Crippen LogP contribution in [0.15, 0.2) is 24.3 Å². The zero-order valence-electron chi connectivity index (χ0n) is 12.6. The molecule has 0 aromatic heterocycles. The van der Waals surface area contributed by atoms with Crippen LogP contribution in [-0.2, 0) is 4.74 Å². The average Bonchev–Trinajstić information content (AvgIpc) is 2.42. The number of hydrogen-bond acceptors (Lipinski definition) is 4. The average molecular weight is 295 g/mol. The molecule has 1 saturated heterocycles. The van der Waals surface area contributed by atoms with Crippen molar-refractivity contribution < 1.29 is 9.47 Å². The molecular weight excluding hydrogens is 270 g/mol. The Morgan fingerprint density at radius 3 is 2.95 bits per heavy atom. The van der Waals surface area contributed by atoms with E-state index in [0.717, 1.165) is 11.4 Å². The predicted molar refractivity (Wildman–Crippen MR) is 86.9 cm³/mol. The fraction of sp³-hybridized carbons (Fsp3) is 0.625. The number of hydrogen-bond donors (Lipinski definition) is 1. The van der Waals surface area contributed by atoms with Crippen molar-refractivity contribution in [2.75, 3.05) is 37.1 Å². The van der Waals surface area contributed by atoms with Crippen LogP contribution in [-0.4, -0.2) is 37.9 Å². The SMILES string of the molecule is COCCOc1cccc(NC2CSCCC2(C)C)c1. The summed E-state index contributed by atoms with van der Waals surface area (Å²) in [7, 11) is 1.68. The van der Waals surface area contributed by atoms with Gasteiger partial charge in [-0.1, -0.05) is 19.9 Å². The van der Waals surface area contributed by atoms with E-state index in [1.54, 1.807) is 7.11 Å². The van der Waals surface area contributed by atoms with E-state index in [4.69, 9.17) is 9.47 Å². The van der Waals surface area contributed by atoms with Crippen molar-refractivity contribution in [2.45, 2.75) is 26.3 Å². The smallest absolute Gasteiger partial charge is 0.121 e. The zero-order valence-corrected chi connectivity index (χ0v) is 13.5. The van der Waals surface area contributed by atoms with Crippen LogP contribution >= 0.6 is 11.8 Å². The molecule has 1 aliphatic heterocycles. The third kappa shape index (κ3) is 4.32. The Balaban J connectivity index is 1.96. The van der Waals surface area contributed by atoms with E-state index in [1.165, 1.54) is 17.9 Å². The highest BCUT2D eigenvalue weighted by Crippen LogP contribution is 2.36. The van der Waals surface area contributed by atoms with E-state index in [2.05, 4.69) is 31.3 Å². The molecule has 112 valence electrons. The van der Waals surface area contributed by atoms with Gasteiger partial charge in [0.25, 0.3) is 0 Å². The van der Waals surface area contributed by atoms with Crippen molar-refractivity contribution >= 4 is 17.4 Å². The fourth-order valence-electron chi connectivity index (χ4n) is 2.29. The first kappa shape index (κ1) is 15.5. The molecule has 0 aliphatic carbocycles. The molecule has 1 atom stereocenters. The zero-order chi connectivity index (χ0) is 14.4. The third-order valence-corrected chi connectivity index (χ3v) is 4.91. The molecule has 1 N–H and O–H groups in total. The molecule has 20 heavy (non-hydrogen) atoms. The number of rotatable bonds is 6. The summed E-state index contributed by atoms with van der Waals surface area (Å²) in [4.78, 5) is 0. The maximum absolute atomic E-state index is 5.66. The lowest BCUT2D eigenvalue weighted by Gasteiger charge is -2.39. The Kier molecular flexibility index (Phi) is 5.61. The van der Waals surface area contributed by atoms with Crippen LogP contribution in [0.1, 0.15) is 20.3 Å². The molecule has 2 rings (SSSR count). The summed E-state index contributed by atoms with van der Waals surface area (Å²) in [5.74, 6) is 3.33. The Labute approximate surface area is 126 Å². The van der Waals surface area contributed by atoms with Gasteiger partial charge >= 0.3 is 0 Å². The summed E-state index contributed by atoms with van der Waals surface area (Å²) in [6.45, 7) is 5.90. The Morgan fingerprint density at radius 1 is 1.35 bits per heavy atom. The van der Waals surface area contributed by atoms with Gasteiger partial charge in [0, 0.05) is 30.7 Å². The van der Waals surface area contributed by atoms with Crippen molar-refractivity contribution in [2.24, 2.45) is 5.41 Å². The van der Waals surface area contributed by atoms with Crippen LogP contribution in [0, 0.1) is 5.41 Å². The number of anilines is 1. The van der Waals surface area contributed by atoms with E-state index in [1.807, 2.05) is 23.9 Å². The van der Waals surface area contributed by atoms with Gasteiger partial charge < -0.3 is 14.8 Å². The number of nitrogens with one attached hydrogen (secondary N) is 1. The first-order valence-electron chi connectivity index (χ1n) is 7.18. The molecule has 1 aromatic rings. The highest BCUT2D eigenvalue weighted by molar-refractivity contribution is 7.99. The highest BCUT2D eigenvalue weighted by atomic mass is 32.2. The molecule has 1 aromatic carbocycles. The second-order valence-corrected chi connectivity index (χ2v) is 7.03. The topological polar surface area (TPSA) is 30.5 Å². The summed E-state index contributed by atoms with van der Waals surface area (Å²) in [6, 6.07) is 8.72. The van der Waals surface area contributed by atoms with Crippen molar-refractivity contribution in [1.82, 2.24) is 0 Å². The van der Waals surface area contributed by atoms with Gasteiger partial charge in [0.1, 0.15) is 12.4 Å². The minimum absolute atomic E-state index is 0.345. The maximum Gasteiger partial charge on any atom is 0.121 e. The lowest BCUT2D eigenvalue weighted by Crippen LogP contribution is -2.41. The molecule has 0 spiro atoms. The van der Waals surface area contributed by atoms with Crippen LogP contribution < -0.4 is 10.1 Å². The Morgan fingerprint density at radius 2 is 2.20 bits per heavy atom. The largest absolute Gasteiger partial charge is 0.491 e. The third-order valence-electron chi connectivity index (χ3n) is 3.85. The molecule has 0 bridgehead atoms. The van der Waals surface area contributed by atoms with Gasteiger partial charge in [0.05, 0.1) is 6.61 Å². The lowest BCUT2D eigenvalue weighted by molar-refractivity contribution is 0.146. The summed E-state index contributed by atoms with van der Waals surface area (Å²) in [6.07, 6.45) is 1.26. The molecule has 1 aliphatic rings. The van der Waals surface area contributed by atoms with Crippen LogP contribution in [0.25, 0.3) is 0 Å². The van der Waals surface area contributed by atoms with Crippen molar-refractivity contribution in [3.8, 4) is 5.75 Å². The van der Waals surface area contributed by atoms with Gasteiger partial charge in [-0.3, -0.25) is 0 Å². The fourth-order valence-corrected chi connectivity index (χ4v) is 3.90. The van der Waals surface area contributed by atoms with E-state index in [-0.39, 0.29) is 0 Å². The van der Waals surface area contributed by atoms with E-state index in [0.29, 0.717) is 24.7 Å². The second-order valence-electron chi connectivity index (χ2n) is 5.88. The number of thioether (sulfide) groups is 1. The molecule has 0 saturated carbocycles. The molecular formula is C16H25NO2S. The maximum atomic E-state index is 5.66. The lowest BCUT2D eigenvalue weighted by atomic mass is 9.82. The normalized spacial score (nSPS) is 21.4. The molecule has 4 heteroatoms. The van der Waals surface area contributed by atoms with Crippen LogP contribution in [0.2, 0.25) is 0 Å². The molecule has 0 amide bonds. The standard InChI is InChI=1S/C16H25NO2S/c1-16(2)7-10-20-12-15(16)17-13-5-4-6-14(11-13)19-9-8-18-3/h4-6,11,15,17H,7-10,12H2,1-3H3. The highest BCUT2D eigenvalue weighted by Gasteiger charge is 2.32. The van der Waals surface area contributed by atoms with Gasteiger partial charge in [0.15, 0.2) is 0 Å². The van der Waals surface area contributed by atoms with Gasteiger partial charge in [-0.15, -0.1) is 0 Å². The Hall–Kier alpha value is -0.870. The second kappa shape index (κ2) is 7.23. The van der Waals surface area contributed by atoms with Crippen LogP contribution in [0.5, 0.6) is 5.75 Å². The summed E-state index contributed by atoms with van der Waals surface area (Å²) < 4.78 is 10.7. The van der Waals surface area contributed by atoms with Crippen molar-refractivity contribution in [1.29, 1.82) is 0 Å². The molecule has 1 fully saturated rings. The molecule has 3 nitrogen and oxygen atoms in total. The predicted octanol–water partition coefficient (Wildman–Crippen LogP) is 3.66. The van der Waals surface area contributed by atoms with Gasteiger partial charge in [-0.2, -0.15) is 11.8 Å². The molecule has 1 unspecified atom stereocenters. The first-order chi connectivity index (χ1) is 9.62. The quantitative estimate of drug-likeness (QED) is 0.811. The van der Waals surface area contributed by atoms with E-state index >= 15 is 0 Å². The summed E-state index contributed by atoms with van der Waals surface area (Å²) >= 11 is 2.04. The van der Waals surface area contributed by atoms with Crippen LogP contribution in [0.3, 0.4) is 0 Å². The first-order valence-corrected chi connectivity index (χ1v) is 8.33. The Bertz CT molecular complexity index is 423. The van der Waals surface area contributed by atoms with Gasteiger partial charge in [-0.25, -0.2) is 0 Å². The molecule has 0 radical (unpaired) electrons. The minimum atomic E-state index is 0.345. The number of methoxy groups -OCH3 is 1. The summed E-state index contributed by atoms with van der Waals surface area (Å²) in [5, 5.41) is 3.67. The van der Waals surface area contributed by atoms with E-state index < -0.39 is 0 Å². The number of benzene rings is 1. The van der Waals surface area contributed by atoms with Crippen molar-refractivity contribution in [3.63, 3.8) is 0 Å². The van der Waals surface area contributed by atoms with Gasteiger partial charge in [0.2, 0.25) is 0 Å². The van der Waals surface area contributed by atoms with Crippen LogP contribution in [0.4, 0.5) is 5.69 Å². The number of ether oxygens (including phenoxy) is 2. The van der Waals surface area contributed by atoms with Gasteiger partial charge in [-0.05, 0) is 29.7 Å². The van der Waals surface area contributed by atoms with Crippen molar-refractivity contribution in [3.05, 3.63) is 24.3 Å². The minimum Gasteiger partial charge on any atom is -0.491 e. The van der Waals surface area contributed by atoms with E-state index in [9.17, 15) is 0 Å². The molecule has 1 heterocycles. The summed E-state index contributed by atoms with van der Waals surface area (Å²) in [5.41, 5.74) is 1.48.